The minimum absolute atomic E-state index is 0.0196. The molecule has 4 bridgehead atoms. The van der Waals surface area contributed by atoms with Crippen LogP contribution in [0.15, 0.2) is 95.1 Å². The monoisotopic (exact) mass is 445 g/mol. The highest BCUT2D eigenvalue weighted by molar-refractivity contribution is 6.13. The van der Waals surface area contributed by atoms with Crippen LogP contribution < -0.4 is 0 Å². The molecular weight excluding hydrogens is 418 g/mol. The Labute approximate surface area is 199 Å². The Hall–Kier alpha value is -3.38. The molecule has 4 aliphatic heterocycles. The Morgan fingerprint density at radius 2 is 1.21 bits per heavy atom. The van der Waals surface area contributed by atoms with E-state index < -0.39 is 0 Å². The van der Waals surface area contributed by atoms with Gasteiger partial charge in [0.2, 0.25) is 0 Å². The molecule has 168 valence electrons. The van der Waals surface area contributed by atoms with Gasteiger partial charge in [-0.2, -0.15) is 10.2 Å². The molecule has 0 amide bonds. The average molecular weight is 446 g/mol. The van der Waals surface area contributed by atoms with Crippen LogP contribution in [0, 0.1) is 5.41 Å². The first-order valence-corrected chi connectivity index (χ1v) is 12.0. The van der Waals surface area contributed by atoms with Crippen LogP contribution in [0.4, 0.5) is 0 Å². The molecule has 4 fully saturated rings. The third-order valence-electron chi connectivity index (χ3n) is 7.49. The third-order valence-corrected chi connectivity index (χ3v) is 7.49. The zero-order valence-electron chi connectivity index (χ0n) is 19.1. The zero-order chi connectivity index (χ0) is 22.5. The normalized spacial score (nSPS) is 28.4. The van der Waals surface area contributed by atoms with Crippen LogP contribution in [-0.2, 0) is 0 Å². The summed E-state index contributed by atoms with van der Waals surface area (Å²) in [5.41, 5.74) is 3.39. The molecule has 0 radical (unpaired) electrons. The smallest absolute Gasteiger partial charge is 0.0802 e. The summed E-state index contributed by atoms with van der Waals surface area (Å²) in [6, 6.07) is 30.0. The summed E-state index contributed by atoms with van der Waals surface area (Å²) in [5.74, 6) is 0. The van der Waals surface area contributed by atoms with Gasteiger partial charge in [0.25, 0.3) is 0 Å². The molecule has 4 aromatic rings. The van der Waals surface area contributed by atoms with Crippen molar-refractivity contribution in [1.82, 2.24) is 14.7 Å². The van der Waals surface area contributed by atoms with Crippen LogP contribution in [0.5, 0.6) is 0 Å². The standard InChI is InChI=1S/C29H27N5/c1-2-8-22(9-3-1)28(29-16-32-19-33(17-29)21-34(18-29)20-32)31-30-15-27-25-12-6-4-10-23(25)14-24-11-5-7-13-26(24)27/h1-15H,16-21H2/b30-15-,31-28-. The molecule has 0 aromatic heterocycles. The topological polar surface area (TPSA) is 34.4 Å². The molecule has 4 aromatic carbocycles. The van der Waals surface area contributed by atoms with Gasteiger partial charge in [-0.05, 0) is 33.2 Å². The zero-order valence-corrected chi connectivity index (χ0v) is 19.1. The summed E-state index contributed by atoms with van der Waals surface area (Å²) in [6.07, 6.45) is 1.97. The molecule has 0 spiro atoms. The highest BCUT2D eigenvalue weighted by Gasteiger charge is 2.51. The number of rotatable bonds is 4. The Bertz CT molecular complexity index is 1350. The van der Waals surface area contributed by atoms with Crippen LogP contribution in [0.1, 0.15) is 11.1 Å². The molecule has 34 heavy (non-hydrogen) atoms. The fourth-order valence-electron chi connectivity index (χ4n) is 6.34. The van der Waals surface area contributed by atoms with E-state index in [0.29, 0.717) is 0 Å². The maximum absolute atomic E-state index is 5.00. The van der Waals surface area contributed by atoms with E-state index in [9.17, 15) is 0 Å². The average Bonchev–Trinajstić information content (AvgIpc) is 2.85. The number of nitrogens with zero attached hydrogens (tertiary/aromatic N) is 5. The van der Waals surface area contributed by atoms with Crippen molar-refractivity contribution in [2.24, 2.45) is 15.6 Å². The van der Waals surface area contributed by atoms with E-state index in [-0.39, 0.29) is 5.41 Å². The van der Waals surface area contributed by atoms with Gasteiger partial charge in [-0.15, -0.1) is 0 Å². The van der Waals surface area contributed by atoms with Crippen LogP contribution >= 0.6 is 0 Å². The van der Waals surface area contributed by atoms with Gasteiger partial charge in [-0.1, -0.05) is 78.9 Å². The van der Waals surface area contributed by atoms with E-state index in [1.54, 1.807) is 0 Å². The predicted octanol–water partition coefficient (Wildman–Crippen LogP) is 4.62. The lowest BCUT2D eigenvalue weighted by Gasteiger charge is -2.60. The quantitative estimate of drug-likeness (QED) is 0.261. The van der Waals surface area contributed by atoms with E-state index in [0.717, 1.165) is 50.9 Å². The molecule has 4 aliphatic rings. The molecule has 0 saturated carbocycles. The summed E-state index contributed by atoms with van der Waals surface area (Å²) < 4.78 is 0. The van der Waals surface area contributed by atoms with Crippen molar-refractivity contribution < 1.29 is 0 Å². The first-order valence-electron chi connectivity index (χ1n) is 12.0. The summed E-state index contributed by atoms with van der Waals surface area (Å²) >= 11 is 0. The van der Waals surface area contributed by atoms with Gasteiger partial charge in [-0.25, -0.2) is 0 Å². The van der Waals surface area contributed by atoms with E-state index in [2.05, 4.69) is 99.6 Å². The summed E-state index contributed by atoms with van der Waals surface area (Å²) in [6.45, 7) is 6.31. The minimum atomic E-state index is -0.0196. The van der Waals surface area contributed by atoms with Crippen LogP contribution in [0.3, 0.4) is 0 Å². The molecule has 0 N–H and O–H groups in total. The second kappa shape index (κ2) is 7.84. The molecule has 0 atom stereocenters. The number of benzene rings is 4. The van der Waals surface area contributed by atoms with Crippen molar-refractivity contribution in [3.8, 4) is 0 Å². The SMILES string of the molecule is C(=N/N=C(/c1ccccc1)C12CN3CN(CN(C3)C1)C2)/c1c2ccccc2cc2ccccc12. The maximum atomic E-state index is 5.00. The number of hydrogen-bond donors (Lipinski definition) is 0. The summed E-state index contributed by atoms with van der Waals surface area (Å²) in [4.78, 5) is 7.62. The lowest BCUT2D eigenvalue weighted by molar-refractivity contribution is -0.149. The van der Waals surface area contributed by atoms with Crippen LogP contribution in [-0.4, -0.2) is 66.3 Å². The van der Waals surface area contributed by atoms with E-state index in [1.807, 2.05) is 6.21 Å². The lowest BCUT2D eigenvalue weighted by atomic mass is 9.74. The lowest BCUT2D eigenvalue weighted by Crippen LogP contribution is -2.74. The Balaban J connectivity index is 1.36. The van der Waals surface area contributed by atoms with Crippen molar-refractivity contribution in [3.05, 3.63) is 96.1 Å². The van der Waals surface area contributed by atoms with E-state index >= 15 is 0 Å². The molecule has 4 saturated heterocycles. The Morgan fingerprint density at radius 1 is 0.676 bits per heavy atom. The predicted molar refractivity (Wildman–Crippen MR) is 139 cm³/mol. The van der Waals surface area contributed by atoms with E-state index in [4.69, 9.17) is 10.2 Å². The molecule has 8 rings (SSSR count). The first kappa shape index (κ1) is 20.0. The molecule has 0 unspecified atom stereocenters. The highest BCUT2D eigenvalue weighted by Crippen LogP contribution is 2.38. The van der Waals surface area contributed by atoms with Gasteiger partial charge in [0.1, 0.15) is 0 Å². The second-order valence-electron chi connectivity index (χ2n) is 9.98. The first-order chi connectivity index (χ1) is 16.8. The largest absolute Gasteiger partial charge is 0.276 e. The third kappa shape index (κ3) is 3.28. The number of fused-ring (bicyclic) bond motifs is 2. The van der Waals surface area contributed by atoms with Gasteiger partial charge >= 0.3 is 0 Å². The second-order valence-corrected chi connectivity index (χ2v) is 9.98. The van der Waals surface area contributed by atoms with Crippen molar-refractivity contribution in [2.75, 3.05) is 39.6 Å². The molecule has 0 aliphatic carbocycles. The Kier molecular flexibility index (Phi) is 4.62. The minimum Gasteiger partial charge on any atom is -0.276 e. The fraction of sp³-hybridized carbons (Fsp3) is 0.241. The molecule has 5 heteroatoms. The molecule has 4 heterocycles. The Morgan fingerprint density at radius 3 is 1.79 bits per heavy atom. The van der Waals surface area contributed by atoms with Crippen LogP contribution in [0.25, 0.3) is 21.5 Å². The van der Waals surface area contributed by atoms with Crippen molar-refractivity contribution in [2.45, 2.75) is 0 Å². The van der Waals surface area contributed by atoms with Crippen molar-refractivity contribution >= 4 is 33.5 Å². The van der Waals surface area contributed by atoms with Crippen molar-refractivity contribution in [3.63, 3.8) is 0 Å². The van der Waals surface area contributed by atoms with Gasteiger partial charge < -0.3 is 0 Å². The van der Waals surface area contributed by atoms with Gasteiger partial charge in [-0.3, -0.25) is 14.7 Å². The van der Waals surface area contributed by atoms with Gasteiger partial charge in [0.15, 0.2) is 0 Å². The fourth-order valence-corrected chi connectivity index (χ4v) is 6.34. The van der Waals surface area contributed by atoms with E-state index in [1.165, 1.54) is 27.1 Å². The number of hydrogen-bond acceptors (Lipinski definition) is 5. The molecule has 5 nitrogen and oxygen atoms in total. The highest BCUT2D eigenvalue weighted by atomic mass is 15.5. The van der Waals surface area contributed by atoms with Crippen molar-refractivity contribution in [1.29, 1.82) is 0 Å². The van der Waals surface area contributed by atoms with Gasteiger partial charge in [0, 0.05) is 25.2 Å². The van der Waals surface area contributed by atoms with Gasteiger partial charge in [0.05, 0.1) is 37.3 Å². The molecular formula is C29H27N5. The summed E-state index contributed by atoms with van der Waals surface area (Å²) in [5, 5.41) is 14.7. The maximum Gasteiger partial charge on any atom is 0.0802 e. The summed E-state index contributed by atoms with van der Waals surface area (Å²) in [7, 11) is 0. The van der Waals surface area contributed by atoms with Crippen LogP contribution in [0.2, 0.25) is 0 Å².